The van der Waals surface area contributed by atoms with E-state index >= 15 is 0 Å². The summed E-state index contributed by atoms with van der Waals surface area (Å²) in [6, 6.07) is 2.81. The Morgan fingerprint density at radius 3 is 2.80 bits per heavy atom. The quantitative estimate of drug-likeness (QED) is 0.930. The van der Waals surface area contributed by atoms with E-state index in [1.165, 1.54) is 10.4 Å². The fourth-order valence-corrected chi connectivity index (χ4v) is 4.62. The topological polar surface area (TPSA) is 57.6 Å². The van der Waals surface area contributed by atoms with E-state index < -0.39 is 21.9 Å². The highest BCUT2D eigenvalue weighted by Gasteiger charge is 2.33. The molecule has 20 heavy (non-hydrogen) atoms. The summed E-state index contributed by atoms with van der Waals surface area (Å²) in [5.41, 5.74) is 0. The number of nitrogens with zero attached hydrogens (tertiary/aromatic N) is 1. The van der Waals surface area contributed by atoms with Gasteiger partial charge in [-0.05, 0) is 31.0 Å². The molecular weight excluding hydrogens is 305 g/mol. The van der Waals surface area contributed by atoms with Crippen LogP contribution in [-0.2, 0) is 10.0 Å². The Bertz CT molecular complexity index is 579. The van der Waals surface area contributed by atoms with Gasteiger partial charge in [0, 0.05) is 12.6 Å². The lowest BCUT2D eigenvalue weighted by Gasteiger charge is -2.28. The predicted molar refractivity (Wildman–Crippen MR) is 74.6 cm³/mol. The minimum Gasteiger partial charge on any atom is -0.395 e. The minimum atomic E-state index is -3.90. The van der Waals surface area contributed by atoms with Crippen LogP contribution in [0.4, 0.5) is 4.39 Å². The molecule has 1 aromatic rings. The molecule has 1 unspecified atom stereocenters. The Morgan fingerprint density at radius 2 is 2.10 bits per heavy atom. The highest BCUT2D eigenvalue weighted by Crippen LogP contribution is 2.29. The van der Waals surface area contributed by atoms with Crippen molar-refractivity contribution in [3.05, 3.63) is 29.0 Å². The molecule has 0 aromatic heterocycles. The number of benzene rings is 1. The van der Waals surface area contributed by atoms with Gasteiger partial charge >= 0.3 is 0 Å². The molecule has 0 spiro atoms. The Kier molecular flexibility index (Phi) is 5.01. The maximum absolute atomic E-state index is 13.3. The Balaban J connectivity index is 2.44. The van der Waals surface area contributed by atoms with Gasteiger partial charge in [-0.25, -0.2) is 12.8 Å². The van der Waals surface area contributed by atoms with Crippen molar-refractivity contribution in [2.75, 3.05) is 13.2 Å². The third-order valence-electron chi connectivity index (χ3n) is 3.51. The molecule has 1 aliphatic heterocycles. The summed E-state index contributed by atoms with van der Waals surface area (Å²) in [4.78, 5) is -0.237. The molecular formula is C13H17ClFNO3S. The van der Waals surface area contributed by atoms with Crippen LogP contribution in [0.1, 0.15) is 25.7 Å². The third-order valence-corrected chi connectivity index (χ3v) is 5.95. The van der Waals surface area contributed by atoms with Gasteiger partial charge in [-0.2, -0.15) is 4.31 Å². The molecule has 1 heterocycles. The van der Waals surface area contributed by atoms with Gasteiger partial charge in [0.2, 0.25) is 10.0 Å². The molecule has 0 amide bonds. The van der Waals surface area contributed by atoms with Crippen LogP contribution in [0.15, 0.2) is 23.1 Å². The number of aliphatic hydroxyl groups excluding tert-OH is 1. The van der Waals surface area contributed by atoms with E-state index in [2.05, 4.69) is 0 Å². The van der Waals surface area contributed by atoms with Crippen LogP contribution >= 0.6 is 11.6 Å². The average Bonchev–Trinajstić information content (AvgIpc) is 2.66. The standard InChI is InChI=1S/C13H17ClFNO3S/c14-12-6-5-10(15)8-13(12)20(18,19)16-7-3-1-2-4-11(16)9-17/h5-6,8,11,17H,1-4,7,9H2. The molecule has 1 aliphatic rings. The van der Waals surface area contributed by atoms with Crippen molar-refractivity contribution in [3.63, 3.8) is 0 Å². The summed E-state index contributed by atoms with van der Waals surface area (Å²) >= 11 is 5.90. The van der Waals surface area contributed by atoms with Crippen LogP contribution in [-0.4, -0.2) is 37.0 Å². The molecule has 1 N–H and O–H groups in total. The monoisotopic (exact) mass is 321 g/mol. The second-order valence-electron chi connectivity index (χ2n) is 4.88. The third kappa shape index (κ3) is 3.14. The largest absolute Gasteiger partial charge is 0.395 e. The maximum atomic E-state index is 13.3. The lowest BCUT2D eigenvalue weighted by atomic mass is 10.1. The Labute approximate surface area is 123 Å². The van der Waals surface area contributed by atoms with Gasteiger partial charge in [0.15, 0.2) is 0 Å². The van der Waals surface area contributed by atoms with Gasteiger partial charge in [0.05, 0.1) is 11.6 Å². The Hall–Kier alpha value is -0.690. The number of aliphatic hydroxyl groups is 1. The average molecular weight is 322 g/mol. The molecule has 0 bridgehead atoms. The summed E-state index contributed by atoms with van der Waals surface area (Å²) in [5.74, 6) is -0.650. The fourth-order valence-electron chi connectivity index (χ4n) is 2.45. The van der Waals surface area contributed by atoms with Crippen molar-refractivity contribution in [2.45, 2.75) is 36.6 Å². The maximum Gasteiger partial charge on any atom is 0.244 e. The van der Waals surface area contributed by atoms with E-state index in [1.807, 2.05) is 0 Å². The second kappa shape index (κ2) is 6.39. The van der Waals surface area contributed by atoms with Gasteiger partial charge in [-0.1, -0.05) is 24.4 Å². The molecule has 1 saturated heterocycles. The molecule has 0 saturated carbocycles. The minimum absolute atomic E-state index is 0.00710. The van der Waals surface area contributed by atoms with Gasteiger partial charge in [-0.3, -0.25) is 0 Å². The van der Waals surface area contributed by atoms with E-state index in [4.69, 9.17) is 11.6 Å². The van der Waals surface area contributed by atoms with Crippen LogP contribution in [0.3, 0.4) is 0 Å². The summed E-state index contributed by atoms with van der Waals surface area (Å²) in [5, 5.41) is 9.40. The number of rotatable bonds is 3. The van der Waals surface area contributed by atoms with E-state index in [0.717, 1.165) is 31.4 Å². The smallest absolute Gasteiger partial charge is 0.244 e. The molecule has 0 aliphatic carbocycles. The molecule has 1 fully saturated rings. The summed E-state index contributed by atoms with van der Waals surface area (Å²) in [6.07, 6.45) is 3.11. The molecule has 112 valence electrons. The van der Waals surface area contributed by atoms with E-state index in [0.29, 0.717) is 13.0 Å². The second-order valence-corrected chi connectivity index (χ2v) is 7.14. The van der Waals surface area contributed by atoms with Crippen molar-refractivity contribution < 1.29 is 17.9 Å². The van der Waals surface area contributed by atoms with Crippen molar-refractivity contribution in [2.24, 2.45) is 0 Å². The molecule has 0 radical (unpaired) electrons. The van der Waals surface area contributed by atoms with Crippen LogP contribution in [0.2, 0.25) is 5.02 Å². The zero-order chi connectivity index (χ0) is 14.8. The first-order chi connectivity index (χ1) is 9.46. The number of sulfonamides is 1. The normalized spacial score (nSPS) is 21.6. The lowest BCUT2D eigenvalue weighted by Crippen LogP contribution is -2.42. The number of hydrogen-bond acceptors (Lipinski definition) is 3. The van der Waals surface area contributed by atoms with Gasteiger partial charge < -0.3 is 5.11 Å². The first-order valence-electron chi connectivity index (χ1n) is 6.54. The van der Waals surface area contributed by atoms with E-state index in [1.54, 1.807) is 0 Å². The first-order valence-corrected chi connectivity index (χ1v) is 8.36. The summed E-state index contributed by atoms with van der Waals surface area (Å²) in [6.45, 7) is 0.0760. The zero-order valence-corrected chi connectivity index (χ0v) is 12.5. The predicted octanol–water partition coefficient (Wildman–Crippen LogP) is 2.40. The summed E-state index contributed by atoms with van der Waals surface area (Å²) in [7, 11) is -3.90. The van der Waals surface area contributed by atoms with Crippen molar-refractivity contribution in [1.82, 2.24) is 4.31 Å². The van der Waals surface area contributed by atoms with Crippen molar-refractivity contribution >= 4 is 21.6 Å². The molecule has 7 heteroatoms. The first kappa shape index (κ1) is 15.7. The van der Waals surface area contributed by atoms with Crippen molar-refractivity contribution in [1.29, 1.82) is 0 Å². The van der Waals surface area contributed by atoms with Crippen LogP contribution in [0.5, 0.6) is 0 Å². The molecule has 1 aromatic carbocycles. The van der Waals surface area contributed by atoms with Crippen molar-refractivity contribution in [3.8, 4) is 0 Å². The highest BCUT2D eigenvalue weighted by molar-refractivity contribution is 7.89. The van der Waals surface area contributed by atoms with Gasteiger partial charge in [-0.15, -0.1) is 0 Å². The molecule has 1 atom stereocenters. The number of halogens is 2. The van der Waals surface area contributed by atoms with Gasteiger partial charge in [0.1, 0.15) is 10.7 Å². The Morgan fingerprint density at radius 1 is 1.35 bits per heavy atom. The van der Waals surface area contributed by atoms with Crippen LogP contribution < -0.4 is 0 Å². The molecule has 4 nitrogen and oxygen atoms in total. The van der Waals surface area contributed by atoms with E-state index in [-0.39, 0.29) is 16.5 Å². The summed E-state index contributed by atoms with van der Waals surface area (Å²) < 4.78 is 39.9. The SMILES string of the molecule is O=S(=O)(c1cc(F)ccc1Cl)N1CCCCCC1CO. The zero-order valence-electron chi connectivity index (χ0n) is 10.9. The van der Waals surface area contributed by atoms with Crippen LogP contribution in [0, 0.1) is 5.82 Å². The highest BCUT2D eigenvalue weighted by atomic mass is 35.5. The molecule has 2 rings (SSSR count). The van der Waals surface area contributed by atoms with E-state index in [9.17, 15) is 17.9 Å². The fraction of sp³-hybridized carbons (Fsp3) is 0.538. The van der Waals surface area contributed by atoms with Crippen LogP contribution in [0.25, 0.3) is 0 Å². The van der Waals surface area contributed by atoms with Gasteiger partial charge in [0.25, 0.3) is 0 Å². The lowest BCUT2D eigenvalue weighted by molar-refractivity contribution is 0.186. The number of hydrogen-bond donors (Lipinski definition) is 1.